The molecule has 114 valence electrons. The van der Waals surface area contributed by atoms with Crippen LogP contribution in [-0.4, -0.2) is 43.6 Å². The summed E-state index contributed by atoms with van der Waals surface area (Å²) in [6.07, 6.45) is 4.85. The molecule has 0 bridgehead atoms. The fraction of sp³-hybridized carbons (Fsp3) is 0.615. The Balaban J connectivity index is 2.23. The number of sulfone groups is 1. The van der Waals surface area contributed by atoms with Gasteiger partial charge in [-0.2, -0.15) is 0 Å². The van der Waals surface area contributed by atoms with Gasteiger partial charge in [0.05, 0.1) is 5.75 Å². The van der Waals surface area contributed by atoms with E-state index >= 15 is 0 Å². The molecule has 0 aliphatic carbocycles. The van der Waals surface area contributed by atoms with Crippen LogP contribution in [0.15, 0.2) is 18.3 Å². The van der Waals surface area contributed by atoms with Gasteiger partial charge in [0.15, 0.2) is 0 Å². The highest BCUT2D eigenvalue weighted by molar-refractivity contribution is 7.90. The monoisotopic (exact) mass is 301 g/mol. The third-order valence-corrected chi connectivity index (χ3v) is 3.97. The Morgan fingerprint density at radius 3 is 2.70 bits per heavy atom. The lowest BCUT2D eigenvalue weighted by molar-refractivity contribution is 0.238. The second-order valence-electron chi connectivity index (χ2n) is 5.08. The molecule has 7 heteroatoms. The predicted molar refractivity (Wildman–Crippen MR) is 79.4 cm³/mol. The van der Waals surface area contributed by atoms with E-state index in [0.717, 1.165) is 19.1 Å². The topological polar surface area (TPSA) is 80.2 Å². The predicted octanol–water partition coefficient (Wildman–Crippen LogP) is 0.690. The fourth-order valence-corrected chi connectivity index (χ4v) is 2.29. The summed E-state index contributed by atoms with van der Waals surface area (Å²) in [5, 5.41) is 5.33. The van der Waals surface area contributed by atoms with Gasteiger partial charge in [-0.25, -0.2) is 13.2 Å². The van der Waals surface area contributed by atoms with E-state index in [1.807, 2.05) is 26.2 Å². The first kappa shape index (κ1) is 16.6. The van der Waals surface area contributed by atoms with Crippen LogP contribution in [0.3, 0.4) is 0 Å². The van der Waals surface area contributed by atoms with Crippen LogP contribution in [0.4, 0.5) is 4.79 Å². The Morgan fingerprint density at radius 1 is 1.45 bits per heavy atom. The molecule has 1 unspecified atom stereocenters. The molecule has 1 aromatic heterocycles. The van der Waals surface area contributed by atoms with E-state index in [-0.39, 0.29) is 24.4 Å². The van der Waals surface area contributed by atoms with E-state index < -0.39 is 9.84 Å². The molecule has 0 saturated carbocycles. The van der Waals surface area contributed by atoms with Crippen LogP contribution in [0.5, 0.6) is 0 Å². The van der Waals surface area contributed by atoms with E-state index in [1.54, 1.807) is 0 Å². The minimum absolute atomic E-state index is 0.0307. The van der Waals surface area contributed by atoms with Crippen LogP contribution in [0.1, 0.15) is 19.0 Å². The zero-order chi connectivity index (χ0) is 15.2. The van der Waals surface area contributed by atoms with Crippen LogP contribution in [-0.2, 0) is 23.3 Å². The summed E-state index contributed by atoms with van der Waals surface area (Å²) in [6, 6.07) is 3.75. The minimum atomic E-state index is -3.04. The van der Waals surface area contributed by atoms with Crippen LogP contribution >= 0.6 is 0 Å². The zero-order valence-electron chi connectivity index (χ0n) is 12.2. The molecule has 0 aromatic carbocycles. The number of nitrogens with one attached hydrogen (secondary N) is 2. The SMILES string of the molecule is CC(CCc1cccn1C)NC(=O)NCCS(C)(=O)=O. The number of hydrogen-bond donors (Lipinski definition) is 2. The number of carbonyl (C=O) groups excluding carboxylic acids is 1. The van der Waals surface area contributed by atoms with Gasteiger partial charge in [-0.1, -0.05) is 0 Å². The lowest BCUT2D eigenvalue weighted by Crippen LogP contribution is -2.42. The molecular weight excluding hydrogens is 278 g/mol. The Hall–Kier alpha value is -1.50. The van der Waals surface area contributed by atoms with Gasteiger partial charge in [-0.15, -0.1) is 0 Å². The van der Waals surface area contributed by atoms with Gasteiger partial charge in [0.2, 0.25) is 0 Å². The summed E-state index contributed by atoms with van der Waals surface area (Å²) in [7, 11) is -1.05. The molecule has 0 saturated heterocycles. The summed E-state index contributed by atoms with van der Waals surface area (Å²) >= 11 is 0. The van der Waals surface area contributed by atoms with Crippen molar-refractivity contribution >= 4 is 15.9 Å². The molecule has 6 nitrogen and oxygen atoms in total. The first-order valence-corrected chi connectivity index (χ1v) is 8.66. The second kappa shape index (κ2) is 7.33. The quantitative estimate of drug-likeness (QED) is 0.777. The van der Waals surface area contributed by atoms with Crippen molar-refractivity contribution < 1.29 is 13.2 Å². The highest BCUT2D eigenvalue weighted by Gasteiger charge is 2.09. The van der Waals surface area contributed by atoms with Gasteiger partial charge >= 0.3 is 6.03 Å². The number of amides is 2. The first-order chi connectivity index (χ1) is 9.28. The smallest absolute Gasteiger partial charge is 0.315 e. The van der Waals surface area contributed by atoms with Gasteiger partial charge < -0.3 is 15.2 Å². The number of rotatable bonds is 7. The van der Waals surface area contributed by atoms with Crippen LogP contribution in [0.2, 0.25) is 0 Å². The van der Waals surface area contributed by atoms with Gasteiger partial charge in [0.25, 0.3) is 0 Å². The Labute approximate surface area is 120 Å². The third-order valence-electron chi connectivity index (χ3n) is 3.02. The lowest BCUT2D eigenvalue weighted by Gasteiger charge is -2.14. The molecule has 0 spiro atoms. The average molecular weight is 301 g/mol. The minimum Gasteiger partial charge on any atom is -0.354 e. The highest BCUT2D eigenvalue weighted by Crippen LogP contribution is 2.05. The number of hydrogen-bond acceptors (Lipinski definition) is 3. The van der Waals surface area contributed by atoms with Crippen LogP contribution in [0.25, 0.3) is 0 Å². The van der Waals surface area contributed by atoms with Crippen LogP contribution < -0.4 is 10.6 Å². The molecule has 0 fully saturated rings. The Morgan fingerprint density at radius 2 is 2.15 bits per heavy atom. The molecule has 2 amide bonds. The maximum atomic E-state index is 11.5. The molecule has 0 aliphatic rings. The van der Waals surface area contributed by atoms with Crippen LogP contribution in [0, 0.1) is 0 Å². The molecule has 1 aromatic rings. The zero-order valence-corrected chi connectivity index (χ0v) is 13.0. The van der Waals surface area contributed by atoms with E-state index in [1.165, 1.54) is 5.69 Å². The molecule has 1 atom stereocenters. The van der Waals surface area contributed by atoms with Crippen molar-refractivity contribution in [2.45, 2.75) is 25.8 Å². The van der Waals surface area contributed by atoms with Crippen molar-refractivity contribution in [3.63, 3.8) is 0 Å². The summed E-state index contributed by atoms with van der Waals surface area (Å²) < 4.78 is 23.9. The Kier molecular flexibility index (Phi) is 6.06. The second-order valence-corrected chi connectivity index (χ2v) is 7.34. The van der Waals surface area contributed by atoms with Gasteiger partial charge in [0, 0.05) is 37.8 Å². The molecular formula is C13H23N3O3S. The van der Waals surface area contributed by atoms with Crippen molar-refractivity contribution in [2.75, 3.05) is 18.6 Å². The molecule has 0 radical (unpaired) electrons. The van der Waals surface area contributed by atoms with Crippen molar-refractivity contribution in [1.29, 1.82) is 0 Å². The van der Waals surface area contributed by atoms with Gasteiger partial charge in [0.1, 0.15) is 9.84 Å². The average Bonchev–Trinajstić information content (AvgIpc) is 2.70. The van der Waals surface area contributed by atoms with E-state index in [0.29, 0.717) is 0 Å². The largest absolute Gasteiger partial charge is 0.354 e. The fourth-order valence-electron chi connectivity index (χ4n) is 1.82. The standard InChI is InChI=1S/C13H23N3O3S/c1-11(6-7-12-5-4-9-16(12)2)15-13(17)14-8-10-20(3,18)19/h4-5,9,11H,6-8,10H2,1-3H3,(H2,14,15,17). The van der Waals surface area contributed by atoms with E-state index in [9.17, 15) is 13.2 Å². The normalized spacial score (nSPS) is 12.9. The maximum absolute atomic E-state index is 11.5. The maximum Gasteiger partial charge on any atom is 0.315 e. The van der Waals surface area contributed by atoms with E-state index in [4.69, 9.17) is 0 Å². The molecule has 1 rings (SSSR count). The number of carbonyl (C=O) groups is 1. The highest BCUT2D eigenvalue weighted by atomic mass is 32.2. The lowest BCUT2D eigenvalue weighted by atomic mass is 10.1. The number of nitrogens with zero attached hydrogens (tertiary/aromatic N) is 1. The molecule has 1 heterocycles. The summed E-state index contributed by atoms with van der Waals surface area (Å²) in [5.74, 6) is -0.0435. The molecule has 0 aliphatic heterocycles. The summed E-state index contributed by atoms with van der Waals surface area (Å²) in [6.45, 7) is 2.06. The Bertz CT molecular complexity index is 537. The third kappa shape index (κ3) is 6.60. The molecule has 2 N–H and O–H groups in total. The van der Waals surface area contributed by atoms with Gasteiger partial charge in [-0.05, 0) is 31.9 Å². The van der Waals surface area contributed by atoms with Crippen molar-refractivity contribution in [1.82, 2.24) is 15.2 Å². The molecule has 20 heavy (non-hydrogen) atoms. The number of urea groups is 1. The summed E-state index contributed by atoms with van der Waals surface area (Å²) in [5.41, 5.74) is 1.22. The van der Waals surface area contributed by atoms with E-state index in [2.05, 4.69) is 21.3 Å². The summed E-state index contributed by atoms with van der Waals surface area (Å²) in [4.78, 5) is 11.5. The van der Waals surface area contributed by atoms with Crippen molar-refractivity contribution in [3.05, 3.63) is 24.0 Å². The first-order valence-electron chi connectivity index (χ1n) is 6.60. The van der Waals surface area contributed by atoms with Crippen molar-refractivity contribution in [3.8, 4) is 0 Å². The number of aryl methyl sites for hydroxylation is 2. The van der Waals surface area contributed by atoms with Gasteiger partial charge in [-0.3, -0.25) is 0 Å². The number of aromatic nitrogens is 1. The van der Waals surface area contributed by atoms with Crippen molar-refractivity contribution in [2.24, 2.45) is 7.05 Å².